The van der Waals surface area contributed by atoms with Crippen LogP contribution >= 0.6 is 0 Å². The van der Waals surface area contributed by atoms with Crippen LogP contribution in [0.5, 0.6) is 0 Å². The molecule has 0 atom stereocenters. The van der Waals surface area contributed by atoms with Gasteiger partial charge in [0.15, 0.2) is 0 Å². The molecule has 28 heavy (non-hydrogen) atoms. The number of nitrogens with zero attached hydrogens (tertiary/aromatic N) is 4. The Kier molecular flexibility index (Phi) is 5.76. The van der Waals surface area contributed by atoms with Crippen LogP contribution in [0.4, 0.5) is 5.82 Å². The second-order valence-electron chi connectivity index (χ2n) is 8.28. The van der Waals surface area contributed by atoms with E-state index in [2.05, 4.69) is 31.7 Å². The zero-order valence-corrected chi connectivity index (χ0v) is 17.0. The average molecular weight is 382 g/mol. The molecule has 2 aromatic heterocycles. The first-order valence-electron chi connectivity index (χ1n) is 10.7. The first-order chi connectivity index (χ1) is 13.6. The number of aromatic amines is 1. The summed E-state index contributed by atoms with van der Waals surface area (Å²) in [5, 5.41) is 0. The quantitative estimate of drug-likeness (QED) is 0.882. The molecule has 6 heteroatoms. The minimum Gasteiger partial charge on any atom is -0.354 e. The van der Waals surface area contributed by atoms with E-state index in [1.54, 1.807) is 6.07 Å². The fourth-order valence-corrected chi connectivity index (χ4v) is 4.46. The maximum atomic E-state index is 11.8. The van der Waals surface area contributed by atoms with Crippen molar-refractivity contribution < 1.29 is 0 Å². The molecule has 2 aliphatic rings. The molecule has 1 aliphatic heterocycles. The normalized spacial score (nSPS) is 23.7. The van der Waals surface area contributed by atoms with Gasteiger partial charge in [0.2, 0.25) is 0 Å². The van der Waals surface area contributed by atoms with Gasteiger partial charge in [-0.2, -0.15) is 0 Å². The Morgan fingerprint density at radius 1 is 1.11 bits per heavy atom. The molecule has 2 aromatic rings. The van der Waals surface area contributed by atoms with E-state index in [1.165, 1.54) is 25.7 Å². The van der Waals surface area contributed by atoms with Gasteiger partial charge in [0, 0.05) is 55.7 Å². The second-order valence-corrected chi connectivity index (χ2v) is 8.28. The number of H-pyrrole nitrogens is 1. The Bertz CT molecular complexity index is 831. The van der Waals surface area contributed by atoms with Gasteiger partial charge in [0.1, 0.15) is 11.6 Å². The van der Waals surface area contributed by atoms with E-state index < -0.39 is 0 Å². The van der Waals surface area contributed by atoms with Crippen molar-refractivity contribution in [3.8, 4) is 11.4 Å². The molecule has 1 aliphatic carbocycles. The zero-order chi connectivity index (χ0) is 19.5. The molecule has 0 spiro atoms. The van der Waals surface area contributed by atoms with Crippen LogP contribution in [0, 0.1) is 5.92 Å². The summed E-state index contributed by atoms with van der Waals surface area (Å²) in [4.78, 5) is 28.8. The molecule has 6 nitrogen and oxygen atoms in total. The second kappa shape index (κ2) is 8.43. The first-order valence-corrected chi connectivity index (χ1v) is 10.7. The lowest BCUT2D eigenvalue weighted by molar-refractivity contribution is 0.132. The highest BCUT2D eigenvalue weighted by molar-refractivity contribution is 5.56. The smallest absolute Gasteiger partial charge is 0.251 e. The molecule has 3 heterocycles. The third kappa shape index (κ3) is 4.27. The molecule has 0 unspecified atom stereocenters. The molecule has 2 fully saturated rings. The largest absolute Gasteiger partial charge is 0.354 e. The molecule has 4 rings (SSSR count). The number of aromatic nitrogens is 3. The van der Waals surface area contributed by atoms with Crippen LogP contribution in [0.3, 0.4) is 0 Å². The van der Waals surface area contributed by atoms with Crippen molar-refractivity contribution in [2.45, 2.75) is 52.0 Å². The van der Waals surface area contributed by atoms with Crippen molar-refractivity contribution in [3.63, 3.8) is 0 Å². The number of rotatable bonds is 4. The predicted octanol–water partition coefficient (Wildman–Crippen LogP) is 3.10. The van der Waals surface area contributed by atoms with Crippen molar-refractivity contribution in [3.05, 3.63) is 40.4 Å². The van der Waals surface area contributed by atoms with Crippen LogP contribution in [0.1, 0.15) is 45.2 Å². The summed E-state index contributed by atoms with van der Waals surface area (Å²) in [5.74, 6) is 2.51. The molecule has 0 amide bonds. The Labute approximate surface area is 167 Å². The fourth-order valence-electron chi connectivity index (χ4n) is 4.46. The van der Waals surface area contributed by atoms with E-state index in [0.29, 0.717) is 5.82 Å². The summed E-state index contributed by atoms with van der Waals surface area (Å²) >= 11 is 0. The highest BCUT2D eigenvalue weighted by Crippen LogP contribution is 2.28. The van der Waals surface area contributed by atoms with Gasteiger partial charge in [-0.05, 0) is 50.2 Å². The van der Waals surface area contributed by atoms with Gasteiger partial charge in [-0.25, -0.2) is 9.97 Å². The molecule has 0 radical (unpaired) electrons. The Balaban J connectivity index is 1.39. The minimum absolute atomic E-state index is 0.112. The molecular weight excluding hydrogens is 350 g/mol. The Hall–Kier alpha value is -2.21. The number of hydrogen-bond acceptors (Lipinski definition) is 5. The summed E-state index contributed by atoms with van der Waals surface area (Å²) in [7, 11) is 0. The summed E-state index contributed by atoms with van der Waals surface area (Å²) < 4.78 is 0. The molecular formula is C22H31N5O. The van der Waals surface area contributed by atoms with Crippen molar-refractivity contribution >= 4 is 5.82 Å². The minimum atomic E-state index is -0.112. The van der Waals surface area contributed by atoms with Crippen LogP contribution in [-0.2, 0) is 6.42 Å². The molecule has 1 saturated heterocycles. The number of nitrogens with one attached hydrogen (secondary N) is 1. The van der Waals surface area contributed by atoms with Crippen LogP contribution in [0.25, 0.3) is 11.4 Å². The van der Waals surface area contributed by atoms with Gasteiger partial charge in [-0.3, -0.25) is 9.69 Å². The number of aryl methyl sites for hydroxylation is 1. The lowest BCUT2D eigenvalue weighted by atomic mass is 9.86. The third-order valence-corrected chi connectivity index (χ3v) is 6.32. The SMILES string of the molecule is CCc1cc(=O)[nH]c(-c2ccc(N3CCN(C4CCC(C)CC4)CC3)nc2)n1. The molecule has 1 N–H and O–H groups in total. The number of piperazine rings is 1. The summed E-state index contributed by atoms with van der Waals surface area (Å²) in [6.45, 7) is 8.68. The van der Waals surface area contributed by atoms with E-state index >= 15 is 0 Å². The van der Waals surface area contributed by atoms with Crippen molar-refractivity contribution in [2.75, 3.05) is 31.1 Å². The average Bonchev–Trinajstić information content (AvgIpc) is 2.74. The first kappa shape index (κ1) is 19.1. The molecule has 0 aromatic carbocycles. The van der Waals surface area contributed by atoms with Crippen LogP contribution in [0.2, 0.25) is 0 Å². The Morgan fingerprint density at radius 3 is 2.50 bits per heavy atom. The number of anilines is 1. The van der Waals surface area contributed by atoms with E-state index in [0.717, 1.165) is 61.6 Å². The number of pyridine rings is 1. The number of hydrogen-bond donors (Lipinski definition) is 1. The van der Waals surface area contributed by atoms with Gasteiger partial charge in [-0.15, -0.1) is 0 Å². The molecule has 150 valence electrons. The van der Waals surface area contributed by atoms with E-state index in [1.807, 2.05) is 25.3 Å². The highest BCUT2D eigenvalue weighted by Gasteiger charge is 2.27. The maximum Gasteiger partial charge on any atom is 0.251 e. The zero-order valence-electron chi connectivity index (χ0n) is 17.0. The maximum absolute atomic E-state index is 11.8. The standard InChI is InChI=1S/C22H31N5O/c1-3-18-14-21(28)25-22(24-18)17-6-9-20(23-15-17)27-12-10-26(11-13-27)19-7-4-16(2)5-8-19/h6,9,14-16,19H,3-5,7-8,10-13H2,1-2H3,(H,24,25,28). The van der Waals surface area contributed by atoms with Crippen molar-refractivity contribution in [1.82, 2.24) is 19.9 Å². The molecule has 1 saturated carbocycles. The monoisotopic (exact) mass is 381 g/mol. The lowest BCUT2D eigenvalue weighted by Gasteiger charge is -2.42. The van der Waals surface area contributed by atoms with Crippen molar-refractivity contribution in [2.24, 2.45) is 5.92 Å². The predicted molar refractivity (Wildman–Crippen MR) is 113 cm³/mol. The summed E-state index contributed by atoms with van der Waals surface area (Å²) in [6.07, 6.45) is 8.04. The summed E-state index contributed by atoms with van der Waals surface area (Å²) in [5.41, 5.74) is 1.54. The van der Waals surface area contributed by atoms with E-state index in [4.69, 9.17) is 0 Å². The highest BCUT2D eigenvalue weighted by atomic mass is 16.1. The van der Waals surface area contributed by atoms with Gasteiger partial charge >= 0.3 is 0 Å². The van der Waals surface area contributed by atoms with Crippen LogP contribution in [-0.4, -0.2) is 52.1 Å². The van der Waals surface area contributed by atoms with Crippen LogP contribution in [0.15, 0.2) is 29.2 Å². The van der Waals surface area contributed by atoms with E-state index in [9.17, 15) is 4.79 Å². The summed E-state index contributed by atoms with van der Waals surface area (Å²) in [6, 6.07) is 6.39. The molecule has 0 bridgehead atoms. The van der Waals surface area contributed by atoms with Crippen LogP contribution < -0.4 is 10.5 Å². The fraction of sp³-hybridized carbons (Fsp3) is 0.591. The van der Waals surface area contributed by atoms with E-state index in [-0.39, 0.29) is 5.56 Å². The topological polar surface area (TPSA) is 65.1 Å². The third-order valence-electron chi connectivity index (χ3n) is 6.32. The van der Waals surface area contributed by atoms with Gasteiger partial charge < -0.3 is 9.88 Å². The Morgan fingerprint density at radius 2 is 1.86 bits per heavy atom. The van der Waals surface area contributed by atoms with Gasteiger partial charge in [0.05, 0.1) is 0 Å². The van der Waals surface area contributed by atoms with Gasteiger partial charge in [0.25, 0.3) is 5.56 Å². The van der Waals surface area contributed by atoms with Crippen molar-refractivity contribution in [1.29, 1.82) is 0 Å². The lowest BCUT2D eigenvalue weighted by Crippen LogP contribution is -2.51. The van der Waals surface area contributed by atoms with Gasteiger partial charge in [-0.1, -0.05) is 13.8 Å².